The Balaban J connectivity index is 2.38. The Labute approximate surface area is 98.7 Å². The molecule has 2 nitrogen and oxygen atoms in total. The summed E-state index contributed by atoms with van der Waals surface area (Å²) in [6.45, 7) is 9.45. The number of benzene rings is 1. The van der Waals surface area contributed by atoms with Crippen LogP contribution in [-0.2, 0) is 6.42 Å². The van der Waals surface area contributed by atoms with Gasteiger partial charge in [-0.15, -0.1) is 0 Å². The maximum Gasteiger partial charge on any atom is 0.0715 e. The first kappa shape index (κ1) is 13.2. The Hall–Kier alpha value is -0.860. The zero-order valence-electron chi connectivity index (χ0n) is 10.8. The quantitative estimate of drug-likeness (QED) is 0.747. The lowest BCUT2D eigenvalue weighted by molar-refractivity contribution is 0.0801. The van der Waals surface area contributed by atoms with Crippen LogP contribution in [0.4, 0.5) is 0 Å². The largest absolute Gasteiger partial charge is 0.389 e. The predicted molar refractivity (Wildman–Crippen MR) is 68.8 cm³/mol. The van der Waals surface area contributed by atoms with E-state index in [0.717, 1.165) is 13.0 Å². The molecule has 0 unspecified atom stereocenters. The van der Waals surface area contributed by atoms with Gasteiger partial charge >= 0.3 is 0 Å². The minimum Gasteiger partial charge on any atom is -0.389 e. The summed E-state index contributed by atoms with van der Waals surface area (Å²) in [5, 5.41) is 12.8. The van der Waals surface area contributed by atoms with Crippen molar-refractivity contribution in [1.82, 2.24) is 5.32 Å². The first-order chi connectivity index (χ1) is 7.38. The SMILES string of the molecule is Cc1ccc(CCNCC(C)(C)O)c(C)c1. The normalized spacial score (nSPS) is 11.8. The summed E-state index contributed by atoms with van der Waals surface area (Å²) in [6, 6.07) is 6.56. The molecule has 0 saturated carbocycles. The third-order valence-corrected chi connectivity index (χ3v) is 2.63. The number of nitrogens with one attached hydrogen (secondary N) is 1. The van der Waals surface area contributed by atoms with Gasteiger partial charge in [-0.2, -0.15) is 0 Å². The molecular formula is C14H23NO. The summed E-state index contributed by atoms with van der Waals surface area (Å²) in [4.78, 5) is 0. The lowest BCUT2D eigenvalue weighted by atomic mass is 10.0. The Morgan fingerprint density at radius 2 is 1.94 bits per heavy atom. The molecule has 2 N–H and O–H groups in total. The van der Waals surface area contributed by atoms with Gasteiger partial charge in [0.2, 0.25) is 0 Å². The summed E-state index contributed by atoms with van der Waals surface area (Å²) in [7, 11) is 0. The second-order valence-electron chi connectivity index (χ2n) is 5.17. The smallest absolute Gasteiger partial charge is 0.0715 e. The van der Waals surface area contributed by atoms with E-state index in [0.29, 0.717) is 6.54 Å². The van der Waals surface area contributed by atoms with Crippen LogP contribution >= 0.6 is 0 Å². The van der Waals surface area contributed by atoms with Gasteiger partial charge < -0.3 is 10.4 Å². The van der Waals surface area contributed by atoms with E-state index in [9.17, 15) is 5.11 Å². The molecule has 90 valence electrons. The number of aryl methyl sites for hydroxylation is 2. The standard InChI is InChI=1S/C14H23NO/c1-11-5-6-13(12(2)9-11)7-8-15-10-14(3,4)16/h5-6,9,15-16H,7-8,10H2,1-4H3. The second kappa shape index (κ2) is 5.46. The Morgan fingerprint density at radius 3 is 2.50 bits per heavy atom. The van der Waals surface area contributed by atoms with Crippen LogP contribution in [-0.4, -0.2) is 23.8 Å². The lowest BCUT2D eigenvalue weighted by Crippen LogP contribution is -2.35. The highest BCUT2D eigenvalue weighted by molar-refractivity contribution is 5.30. The molecule has 0 spiro atoms. The molecule has 1 rings (SSSR count). The van der Waals surface area contributed by atoms with Crippen LogP contribution in [0.3, 0.4) is 0 Å². The van der Waals surface area contributed by atoms with Crippen molar-refractivity contribution in [2.75, 3.05) is 13.1 Å². The third-order valence-electron chi connectivity index (χ3n) is 2.63. The van der Waals surface area contributed by atoms with Crippen LogP contribution in [0, 0.1) is 13.8 Å². The molecule has 0 amide bonds. The maximum atomic E-state index is 9.54. The monoisotopic (exact) mass is 221 g/mol. The third kappa shape index (κ3) is 4.77. The van der Waals surface area contributed by atoms with Crippen LogP contribution in [0.2, 0.25) is 0 Å². The summed E-state index contributed by atoms with van der Waals surface area (Å²) in [5.41, 5.74) is 3.42. The topological polar surface area (TPSA) is 32.3 Å². The molecule has 0 bridgehead atoms. The van der Waals surface area contributed by atoms with Gasteiger partial charge in [0.05, 0.1) is 5.60 Å². The van der Waals surface area contributed by atoms with Gasteiger partial charge in [0.25, 0.3) is 0 Å². The molecule has 1 aromatic rings. The number of aliphatic hydroxyl groups is 1. The van der Waals surface area contributed by atoms with E-state index in [2.05, 4.69) is 37.4 Å². The summed E-state index contributed by atoms with van der Waals surface area (Å²) >= 11 is 0. The van der Waals surface area contributed by atoms with Gasteiger partial charge in [0.15, 0.2) is 0 Å². The minimum absolute atomic E-state index is 0.623. The van der Waals surface area contributed by atoms with Gasteiger partial charge in [0.1, 0.15) is 0 Å². The summed E-state index contributed by atoms with van der Waals surface area (Å²) in [6.07, 6.45) is 1.02. The van der Waals surface area contributed by atoms with E-state index >= 15 is 0 Å². The Morgan fingerprint density at radius 1 is 1.25 bits per heavy atom. The van der Waals surface area contributed by atoms with E-state index in [-0.39, 0.29) is 0 Å². The van der Waals surface area contributed by atoms with E-state index in [1.807, 2.05) is 13.8 Å². The van der Waals surface area contributed by atoms with Crippen LogP contribution in [0.25, 0.3) is 0 Å². The van der Waals surface area contributed by atoms with Crippen LogP contribution in [0.1, 0.15) is 30.5 Å². The fourth-order valence-corrected chi connectivity index (χ4v) is 1.74. The first-order valence-corrected chi connectivity index (χ1v) is 5.88. The average Bonchev–Trinajstić information content (AvgIpc) is 2.13. The summed E-state index contributed by atoms with van der Waals surface area (Å²) < 4.78 is 0. The highest BCUT2D eigenvalue weighted by Gasteiger charge is 2.10. The zero-order chi connectivity index (χ0) is 12.2. The van der Waals surface area contributed by atoms with E-state index in [1.54, 1.807) is 0 Å². The fraction of sp³-hybridized carbons (Fsp3) is 0.571. The number of hydrogen-bond donors (Lipinski definition) is 2. The van der Waals surface area contributed by atoms with Crippen molar-refractivity contribution in [2.24, 2.45) is 0 Å². The molecule has 0 aliphatic heterocycles. The molecule has 0 aliphatic rings. The van der Waals surface area contributed by atoms with Crippen LogP contribution in [0.5, 0.6) is 0 Å². The molecule has 16 heavy (non-hydrogen) atoms. The maximum absolute atomic E-state index is 9.54. The lowest BCUT2D eigenvalue weighted by Gasteiger charge is -2.17. The minimum atomic E-state index is -0.623. The van der Waals surface area contributed by atoms with Gasteiger partial charge in [-0.25, -0.2) is 0 Å². The molecule has 0 saturated heterocycles. The zero-order valence-corrected chi connectivity index (χ0v) is 10.8. The molecule has 0 aliphatic carbocycles. The molecule has 1 aromatic carbocycles. The molecule has 0 radical (unpaired) electrons. The van der Waals surface area contributed by atoms with Crippen molar-refractivity contribution in [3.05, 3.63) is 34.9 Å². The van der Waals surface area contributed by atoms with Crippen LogP contribution < -0.4 is 5.32 Å². The van der Waals surface area contributed by atoms with Gasteiger partial charge in [0, 0.05) is 6.54 Å². The van der Waals surface area contributed by atoms with Gasteiger partial charge in [-0.3, -0.25) is 0 Å². The second-order valence-corrected chi connectivity index (χ2v) is 5.17. The fourth-order valence-electron chi connectivity index (χ4n) is 1.74. The number of hydrogen-bond acceptors (Lipinski definition) is 2. The Kier molecular flexibility index (Phi) is 4.51. The summed E-state index contributed by atoms with van der Waals surface area (Å²) in [5.74, 6) is 0. The van der Waals surface area contributed by atoms with Gasteiger partial charge in [-0.05, 0) is 51.8 Å². The molecule has 0 atom stereocenters. The molecule has 2 heteroatoms. The van der Waals surface area contributed by atoms with Crippen molar-refractivity contribution in [1.29, 1.82) is 0 Å². The van der Waals surface area contributed by atoms with Crippen molar-refractivity contribution < 1.29 is 5.11 Å². The van der Waals surface area contributed by atoms with Crippen LogP contribution in [0.15, 0.2) is 18.2 Å². The number of rotatable bonds is 5. The Bertz CT molecular complexity index is 339. The molecule has 0 heterocycles. The molecular weight excluding hydrogens is 198 g/mol. The first-order valence-electron chi connectivity index (χ1n) is 5.88. The predicted octanol–water partition coefficient (Wildman–Crippen LogP) is 2.21. The van der Waals surface area contributed by atoms with Gasteiger partial charge in [-0.1, -0.05) is 23.8 Å². The van der Waals surface area contributed by atoms with Crippen molar-refractivity contribution in [3.8, 4) is 0 Å². The van der Waals surface area contributed by atoms with E-state index in [4.69, 9.17) is 0 Å². The van der Waals surface area contributed by atoms with E-state index < -0.39 is 5.60 Å². The highest BCUT2D eigenvalue weighted by atomic mass is 16.3. The van der Waals surface area contributed by atoms with Crippen molar-refractivity contribution in [2.45, 2.75) is 39.7 Å². The highest BCUT2D eigenvalue weighted by Crippen LogP contribution is 2.10. The van der Waals surface area contributed by atoms with Crippen molar-refractivity contribution >= 4 is 0 Å². The molecule has 0 fully saturated rings. The molecule has 0 aromatic heterocycles. The van der Waals surface area contributed by atoms with E-state index in [1.165, 1.54) is 16.7 Å². The van der Waals surface area contributed by atoms with Crippen molar-refractivity contribution in [3.63, 3.8) is 0 Å². The average molecular weight is 221 g/mol.